The fourth-order valence-electron chi connectivity index (χ4n) is 3.37. The zero-order valence-corrected chi connectivity index (χ0v) is 15.3. The van der Waals surface area contributed by atoms with Crippen molar-refractivity contribution < 1.29 is 14.2 Å². The predicted octanol–water partition coefficient (Wildman–Crippen LogP) is 2.76. The molecule has 0 aliphatic carbocycles. The van der Waals surface area contributed by atoms with E-state index in [4.69, 9.17) is 31.5 Å². The first-order valence-electron chi connectivity index (χ1n) is 8.66. The molecule has 1 aromatic heterocycles. The molecule has 2 aliphatic heterocycles. The van der Waals surface area contributed by atoms with Crippen LogP contribution in [0.15, 0.2) is 18.2 Å². The number of fused-ring (bicyclic) bond motifs is 1. The van der Waals surface area contributed by atoms with Crippen LogP contribution in [-0.2, 0) is 4.74 Å². The van der Waals surface area contributed by atoms with Crippen LogP contribution in [0.2, 0.25) is 5.02 Å². The topological polar surface area (TPSA) is 82.7 Å². The fraction of sp³-hybridized carbons (Fsp3) is 0.444. The molecule has 2 aromatic rings. The Balaban J connectivity index is 1.76. The van der Waals surface area contributed by atoms with Crippen molar-refractivity contribution in [3.8, 4) is 11.5 Å². The number of aromatic nitrogens is 2. The quantitative estimate of drug-likeness (QED) is 0.862. The number of nitrogens with zero attached hydrogens (tertiary/aromatic N) is 3. The highest BCUT2D eigenvalue weighted by Gasteiger charge is 2.29. The Hall–Kier alpha value is -2.25. The van der Waals surface area contributed by atoms with Gasteiger partial charge >= 0.3 is 0 Å². The molecule has 8 heteroatoms. The molecule has 1 atom stereocenters. The molecule has 26 heavy (non-hydrogen) atoms. The predicted molar refractivity (Wildman–Crippen MR) is 99.1 cm³/mol. The molecule has 7 nitrogen and oxygen atoms in total. The van der Waals surface area contributed by atoms with Gasteiger partial charge in [0.1, 0.15) is 19.0 Å². The lowest BCUT2D eigenvalue weighted by Crippen LogP contribution is -2.32. The zero-order valence-electron chi connectivity index (χ0n) is 14.6. The van der Waals surface area contributed by atoms with Crippen LogP contribution in [0, 0.1) is 6.92 Å². The number of nitrogens with two attached hydrogens (primary N) is 1. The second-order valence-electron chi connectivity index (χ2n) is 6.38. The first kappa shape index (κ1) is 17.2. The molecule has 0 saturated carbocycles. The normalized spacial score (nSPS) is 19.9. The van der Waals surface area contributed by atoms with E-state index in [9.17, 15) is 0 Å². The third kappa shape index (κ3) is 3.37. The van der Waals surface area contributed by atoms with E-state index in [2.05, 4.69) is 14.9 Å². The molecule has 0 spiro atoms. The van der Waals surface area contributed by atoms with Crippen LogP contribution < -0.4 is 20.1 Å². The molecule has 0 bridgehead atoms. The van der Waals surface area contributed by atoms with E-state index in [0.717, 1.165) is 30.0 Å². The molecule has 138 valence electrons. The van der Waals surface area contributed by atoms with Gasteiger partial charge in [-0.15, -0.1) is 0 Å². The Morgan fingerprint density at radius 3 is 2.65 bits per heavy atom. The van der Waals surface area contributed by atoms with Crippen LogP contribution in [0.5, 0.6) is 11.5 Å². The number of ether oxygens (including phenoxy) is 3. The number of nitrogen functional groups attached to an aromatic ring is 1. The van der Waals surface area contributed by atoms with Gasteiger partial charge in [0.25, 0.3) is 0 Å². The molecule has 2 N–H and O–H groups in total. The van der Waals surface area contributed by atoms with Crippen LogP contribution in [0.1, 0.15) is 23.7 Å². The van der Waals surface area contributed by atoms with E-state index in [1.54, 1.807) is 0 Å². The van der Waals surface area contributed by atoms with Crippen molar-refractivity contribution in [3.05, 3.63) is 34.5 Å². The fourth-order valence-corrected chi connectivity index (χ4v) is 3.65. The van der Waals surface area contributed by atoms with Gasteiger partial charge in [0, 0.05) is 36.0 Å². The molecule has 3 heterocycles. The average molecular weight is 377 g/mol. The molecule has 0 radical (unpaired) electrons. The van der Waals surface area contributed by atoms with Crippen LogP contribution >= 0.6 is 11.6 Å². The van der Waals surface area contributed by atoms with Gasteiger partial charge in [-0.3, -0.25) is 0 Å². The highest BCUT2D eigenvalue weighted by molar-refractivity contribution is 6.31. The largest absolute Gasteiger partial charge is 0.486 e. The van der Waals surface area contributed by atoms with Gasteiger partial charge in [-0.2, -0.15) is 4.98 Å². The lowest BCUT2D eigenvalue weighted by molar-refractivity contribution is 0.134. The van der Waals surface area contributed by atoms with E-state index < -0.39 is 0 Å². The summed E-state index contributed by atoms with van der Waals surface area (Å²) in [4.78, 5) is 10.8. The second-order valence-corrected chi connectivity index (χ2v) is 6.79. The van der Waals surface area contributed by atoms with Crippen LogP contribution in [-0.4, -0.2) is 42.9 Å². The lowest BCUT2D eigenvalue weighted by atomic mass is 10.0. The van der Waals surface area contributed by atoms with Crippen LogP contribution in [0.25, 0.3) is 0 Å². The zero-order chi connectivity index (χ0) is 18.1. The summed E-state index contributed by atoms with van der Waals surface area (Å²) in [5.74, 6) is 2.42. The molecular weight excluding hydrogens is 356 g/mol. The van der Waals surface area contributed by atoms with E-state index in [1.807, 2.05) is 25.1 Å². The monoisotopic (exact) mass is 376 g/mol. The van der Waals surface area contributed by atoms with Gasteiger partial charge in [-0.1, -0.05) is 11.6 Å². The van der Waals surface area contributed by atoms with Crippen molar-refractivity contribution in [1.29, 1.82) is 0 Å². The Labute approximate surface area is 157 Å². The number of rotatable bonds is 2. The first-order valence-corrected chi connectivity index (χ1v) is 9.04. The van der Waals surface area contributed by atoms with E-state index in [1.165, 1.54) is 0 Å². The SMILES string of the molecule is Cc1cc(N2CCCOCC2c2cc3c(cc2Cl)OCCO3)nc(N)n1. The number of hydrogen-bond acceptors (Lipinski definition) is 7. The van der Waals surface area contributed by atoms with Gasteiger partial charge in [0.05, 0.1) is 12.6 Å². The smallest absolute Gasteiger partial charge is 0.222 e. The summed E-state index contributed by atoms with van der Waals surface area (Å²) in [6.07, 6.45) is 0.891. The third-order valence-corrected chi connectivity index (χ3v) is 4.84. The number of benzene rings is 1. The first-order chi connectivity index (χ1) is 12.6. The summed E-state index contributed by atoms with van der Waals surface area (Å²) >= 11 is 6.59. The Morgan fingerprint density at radius 2 is 1.88 bits per heavy atom. The van der Waals surface area contributed by atoms with Crippen LogP contribution in [0.4, 0.5) is 11.8 Å². The maximum Gasteiger partial charge on any atom is 0.222 e. The van der Waals surface area contributed by atoms with Gasteiger partial charge < -0.3 is 24.8 Å². The van der Waals surface area contributed by atoms with Gasteiger partial charge in [-0.25, -0.2) is 4.98 Å². The van der Waals surface area contributed by atoms with Gasteiger partial charge in [0.15, 0.2) is 11.5 Å². The second kappa shape index (κ2) is 7.17. The van der Waals surface area contributed by atoms with Crippen molar-refractivity contribution in [2.24, 2.45) is 0 Å². The minimum atomic E-state index is -0.102. The standard InChI is InChI=1S/C18H21ClN4O3/c1-11-7-17(22-18(20)21-11)23-3-2-4-24-10-14(23)12-8-15-16(9-13(12)19)26-6-5-25-15/h7-9,14H,2-6,10H2,1H3,(H2,20,21,22). The molecular formula is C18H21ClN4O3. The lowest BCUT2D eigenvalue weighted by Gasteiger charge is -2.32. The van der Waals surface area contributed by atoms with Crippen molar-refractivity contribution in [1.82, 2.24) is 9.97 Å². The number of aryl methyl sites for hydroxylation is 1. The summed E-state index contributed by atoms with van der Waals surface area (Å²) in [7, 11) is 0. The maximum atomic E-state index is 6.59. The molecule has 4 rings (SSSR count). The van der Waals surface area contributed by atoms with Gasteiger partial charge in [-0.05, 0) is 25.0 Å². The van der Waals surface area contributed by atoms with Crippen molar-refractivity contribution in [2.45, 2.75) is 19.4 Å². The third-order valence-electron chi connectivity index (χ3n) is 4.51. The molecule has 2 aliphatic rings. The van der Waals surface area contributed by atoms with Gasteiger partial charge in [0.2, 0.25) is 5.95 Å². The van der Waals surface area contributed by atoms with Crippen molar-refractivity contribution in [3.63, 3.8) is 0 Å². The highest BCUT2D eigenvalue weighted by Crippen LogP contribution is 2.40. The maximum absolute atomic E-state index is 6.59. The van der Waals surface area contributed by atoms with E-state index in [-0.39, 0.29) is 12.0 Å². The minimum Gasteiger partial charge on any atom is -0.486 e. The molecule has 1 unspecified atom stereocenters. The number of hydrogen-bond donors (Lipinski definition) is 1. The Kier molecular flexibility index (Phi) is 4.74. The van der Waals surface area contributed by atoms with E-state index in [0.29, 0.717) is 42.9 Å². The number of halogens is 1. The van der Waals surface area contributed by atoms with Crippen LogP contribution in [0.3, 0.4) is 0 Å². The van der Waals surface area contributed by atoms with Crippen molar-refractivity contribution in [2.75, 3.05) is 43.6 Å². The van der Waals surface area contributed by atoms with E-state index >= 15 is 0 Å². The summed E-state index contributed by atoms with van der Waals surface area (Å²) < 4.78 is 17.2. The molecule has 1 saturated heterocycles. The molecule has 0 amide bonds. The van der Waals surface area contributed by atoms with Crippen molar-refractivity contribution >= 4 is 23.4 Å². The summed E-state index contributed by atoms with van der Waals surface area (Å²) in [5.41, 5.74) is 7.62. The highest BCUT2D eigenvalue weighted by atomic mass is 35.5. The summed E-state index contributed by atoms with van der Waals surface area (Å²) in [5, 5.41) is 0.619. The average Bonchev–Trinajstić information content (AvgIpc) is 2.86. The Morgan fingerprint density at radius 1 is 1.12 bits per heavy atom. The molecule has 1 fully saturated rings. The number of anilines is 2. The Bertz CT molecular complexity index is 797. The molecule has 1 aromatic carbocycles. The minimum absolute atomic E-state index is 0.102. The summed E-state index contributed by atoms with van der Waals surface area (Å²) in [6, 6.07) is 5.59. The summed E-state index contributed by atoms with van der Waals surface area (Å²) in [6.45, 7) is 4.94.